The van der Waals surface area contributed by atoms with Gasteiger partial charge in [-0.1, -0.05) is 4.89 Å². The number of sulfonamides is 1. The maximum atomic E-state index is 11.9. The fourth-order valence-corrected chi connectivity index (χ4v) is 2.97. The second-order valence-electron chi connectivity index (χ2n) is 4.23. The van der Waals surface area contributed by atoms with Crippen LogP contribution in [0.5, 0.6) is 0 Å². The zero-order valence-corrected chi connectivity index (χ0v) is 11.7. The van der Waals surface area contributed by atoms with Crippen LogP contribution < -0.4 is 9.79 Å². The molecule has 0 unspecified atom stereocenters. The third-order valence-electron chi connectivity index (χ3n) is 2.95. The molecule has 0 spiro atoms. The summed E-state index contributed by atoms with van der Waals surface area (Å²) < 4.78 is 23.8. The highest BCUT2D eigenvalue weighted by molar-refractivity contribution is 7.89. The largest absolute Gasteiger partial charge is 0.312 e. The lowest BCUT2D eigenvalue weighted by molar-refractivity contribution is -0.116. The predicted octanol–water partition coefficient (Wildman–Crippen LogP) is 0.825. The van der Waals surface area contributed by atoms with Crippen molar-refractivity contribution in [1.82, 2.24) is 4.89 Å². The fourth-order valence-electron chi connectivity index (χ4n) is 2.06. The van der Waals surface area contributed by atoms with E-state index in [1.807, 2.05) is 4.89 Å². The first-order valence-electron chi connectivity index (χ1n) is 6.00. The molecule has 1 aromatic rings. The number of fused-ring (bicyclic) bond motifs is 1. The summed E-state index contributed by atoms with van der Waals surface area (Å²) in [5, 5.41) is 0. The summed E-state index contributed by atoms with van der Waals surface area (Å²) in [6, 6.07) is 4.71. The summed E-state index contributed by atoms with van der Waals surface area (Å²) in [5.41, 5.74) is 1.64. The molecule has 6 nitrogen and oxygen atoms in total. The minimum Gasteiger partial charge on any atom is -0.312 e. The van der Waals surface area contributed by atoms with Gasteiger partial charge in [-0.15, -0.1) is 0 Å². The second-order valence-corrected chi connectivity index (χ2v) is 5.88. The molecule has 1 aromatic carbocycles. The van der Waals surface area contributed by atoms with Crippen molar-refractivity contribution < 1.29 is 18.0 Å². The number of hydrogen-bond acceptors (Lipinski definition) is 4. The number of nitrogens with one attached hydrogen (secondary N) is 1. The van der Waals surface area contributed by atoms with Crippen LogP contribution in [0.2, 0.25) is 0 Å². The van der Waals surface area contributed by atoms with Crippen molar-refractivity contribution in [3.8, 4) is 0 Å². The lowest BCUT2D eigenvalue weighted by atomic mass is 10.2. The monoisotopic (exact) mass is 284 g/mol. The van der Waals surface area contributed by atoms with Gasteiger partial charge in [-0.25, -0.2) is 8.42 Å². The van der Waals surface area contributed by atoms with Gasteiger partial charge in [0.15, 0.2) is 0 Å². The van der Waals surface area contributed by atoms with Gasteiger partial charge >= 0.3 is 0 Å². The van der Waals surface area contributed by atoms with E-state index in [-0.39, 0.29) is 17.4 Å². The highest BCUT2D eigenvalue weighted by Gasteiger charge is 2.24. The van der Waals surface area contributed by atoms with Crippen LogP contribution in [0, 0.1) is 0 Å². The minimum atomic E-state index is -3.66. The molecule has 104 valence electrons. The van der Waals surface area contributed by atoms with Gasteiger partial charge in [0.2, 0.25) is 5.91 Å². The molecular weight excluding hydrogens is 268 g/mol. The molecule has 0 fully saturated rings. The van der Waals surface area contributed by atoms with E-state index in [0.29, 0.717) is 13.0 Å². The zero-order chi connectivity index (χ0) is 14.0. The second kappa shape index (κ2) is 5.28. The summed E-state index contributed by atoms with van der Waals surface area (Å²) in [6.45, 7) is 4.03. The number of carbonyl (C=O) groups is 1. The minimum absolute atomic E-state index is 0.0400. The number of anilines is 1. The average molecular weight is 284 g/mol. The number of nitrogens with zero attached hydrogens (tertiary/aromatic N) is 1. The van der Waals surface area contributed by atoms with Crippen molar-refractivity contribution in [2.75, 3.05) is 18.1 Å². The number of carbonyl (C=O) groups excluding carboxylic acids is 1. The smallest absolute Gasteiger partial charge is 0.262 e. The predicted molar refractivity (Wildman–Crippen MR) is 70.1 cm³/mol. The lowest BCUT2D eigenvalue weighted by Crippen LogP contribution is -2.26. The van der Waals surface area contributed by atoms with E-state index in [1.54, 1.807) is 24.0 Å². The molecule has 7 heteroatoms. The SMILES string of the molecule is CCONS(=O)(=O)c1ccc2c(c1)CCN2C(C)=O. The molecule has 2 rings (SSSR count). The van der Waals surface area contributed by atoms with Crippen LogP contribution in [0.4, 0.5) is 5.69 Å². The van der Waals surface area contributed by atoms with E-state index in [1.165, 1.54) is 13.0 Å². The van der Waals surface area contributed by atoms with Gasteiger partial charge in [0, 0.05) is 19.2 Å². The number of benzene rings is 1. The van der Waals surface area contributed by atoms with Crippen molar-refractivity contribution in [2.24, 2.45) is 0 Å². The quantitative estimate of drug-likeness (QED) is 0.831. The number of rotatable bonds is 4. The number of hydrogen-bond donors (Lipinski definition) is 1. The van der Waals surface area contributed by atoms with Crippen LogP contribution in [0.25, 0.3) is 0 Å². The Kier molecular flexibility index (Phi) is 3.88. The summed E-state index contributed by atoms with van der Waals surface area (Å²) >= 11 is 0. The Morgan fingerprint density at radius 1 is 1.47 bits per heavy atom. The molecule has 0 aromatic heterocycles. The van der Waals surface area contributed by atoms with Crippen molar-refractivity contribution in [3.05, 3.63) is 23.8 Å². The Morgan fingerprint density at radius 3 is 2.84 bits per heavy atom. The molecule has 1 aliphatic rings. The summed E-state index contributed by atoms with van der Waals surface area (Å²) in [7, 11) is -3.66. The fraction of sp³-hybridized carbons (Fsp3) is 0.417. The van der Waals surface area contributed by atoms with E-state index >= 15 is 0 Å². The normalized spacial score (nSPS) is 14.5. The third-order valence-corrected chi connectivity index (χ3v) is 4.16. The van der Waals surface area contributed by atoms with E-state index < -0.39 is 10.0 Å². The maximum Gasteiger partial charge on any atom is 0.262 e. The zero-order valence-electron chi connectivity index (χ0n) is 10.8. The Hall–Kier alpha value is -1.44. The molecule has 0 saturated heterocycles. The summed E-state index contributed by atoms with van der Waals surface area (Å²) in [6.07, 6.45) is 0.660. The van der Waals surface area contributed by atoms with Gasteiger partial charge in [0.05, 0.1) is 11.5 Å². The highest BCUT2D eigenvalue weighted by Crippen LogP contribution is 2.30. The van der Waals surface area contributed by atoms with Crippen LogP contribution in [0.15, 0.2) is 23.1 Å². The molecule has 0 radical (unpaired) electrons. The molecule has 0 saturated carbocycles. The Bertz CT molecular complexity index is 598. The molecule has 1 heterocycles. The third kappa shape index (κ3) is 2.78. The summed E-state index contributed by atoms with van der Waals surface area (Å²) in [4.78, 5) is 20.0. The van der Waals surface area contributed by atoms with Crippen LogP contribution >= 0.6 is 0 Å². The van der Waals surface area contributed by atoms with Crippen molar-refractivity contribution in [3.63, 3.8) is 0 Å². The van der Waals surface area contributed by atoms with E-state index in [2.05, 4.69) is 0 Å². The average Bonchev–Trinajstić information content (AvgIpc) is 2.79. The van der Waals surface area contributed by atoms with Gasteiger partial charge in [-0.05, 0) is 37.1 Å². The number of amides is 1. The Morgan fingerprint density at radius 2 is 2.21 bits per heavy atom. The molecule has 19 heavy (non-hydrogen) atoms. The first-order valence-corrected chi connectivity index (χ1v) is 7.48. The van der Waals surface area contributed by atoms with Gasteiger partial charge in [-0.2, -0.15) is 0 Å². The Labute approximate surface area is 112 Å². The van der Waals surface area contributed by atoms with Crippen molar-refractivity contribution in [2.45, 2.75) is 25.2 Å². The van der Waals surface area contributed by atoms with Gasteiger partial charge in [0.25, 0.3) is 10.0 Å². The molecule has 1 amide bonds. The molecule has 0 bridgehead atoms. The van der Waals surface area contributed by atoms with E-state index in [4.69, 9.17) is 4.84 Å². The Balaban J connectivity index is 2.31. The van der Waals surface area contributed by atoms with Crippen LogP contribution in [0.1, 0.15) is 19.4 Å². The van der Waals surface area contributed by atoms with E-state index in [9.17, 15) is 13.2 Å². The van der Waals surface area contributed by atoms with Gasteiger partial charge in [0.1, 0.15) is 0 Å². The molecule has 1 N–H and O–H groups in total. The first-order chi connectivity index (χ1) is 8.95. The highest BCUT2D eigenvalue weighted by atomic mass is 32.2. The van der Waals surface area contributed by atoms with Gasteiger partial charge < -0.3 is 4.90 Å². The lowest BCUT2D eigenvalue weighted by Gasteiger charge is -2.14. The first kappa shape index (κ1) is 14.0. The molecule has 0 aliphatic carbocycles. The van der Waals surface area contributed by atoms with Crippen LogP contribution in [-0.4, -0.2) is 27.5 Å². The molecule has 1 aliphatic heterocycles. The molecular formula is C12H16N2O4S. The van der Waals surface area contributed by atoms with Crippen LogP contribution in [-0.2, 0) is 26.1 Å². The summed E-state index contributed by atoms with van der Waals surface area (Å²) in [5.74, 6) is -0.0400. The van der Waals surface area contributed by atoms with Crippen LogP contribution in [0.3, 0.4) is 0 Å². The van der Waals surface area contributed by atoms with Crippen molar-refractivity contribution in [1.29, 1.82) is 0 Å². The van der Waals surface area contributed by atoms with E-state index in [0.717, 1.165) is 11.3 Å². The standard InChI is InChI=1S/C12H16N2O4S/c1-3-18-13-19(16,17)11-4-5-12-10(8-11)6-7-14(12)9(2)15/h4-5,8,13H,3,6-7H2,1-2H3. The van der Waals surface area contributed by atoms with Crippen molar-refractivity contribution >= 4 is 21.6 Å². The topological polar surface area (TPSA) is 75.7 Å². The maximum absolute atomic E-state index is 11.9. The van der Waals surface area contributed by atoms with Gasteiger partial charge in [-0.3, -0.25) is 9.63 Å². The molecule has 0 atom stereocenters.